The molecule has 0 N–H and O–H groups in total. The standard InChI is InChI=1S/C12H8ClN3O/c13-8-1-3-9(4-2-8)16-12-7-17-6-10(12)11(5-14)15-16/h1-4H,6-7H2. The molecular weight excluding hydrogens is 238 g/mol. The molecule has 0 aliphatic carbocycles. The van der Waals surface area contributed by atoms with Crippen LogP contribution in [0.15, 0.2) is 24.3 Å². The van der Waals surface area contributed by atoms with Crippen molar-refractivity contribution in [1.82, 2.24) is 9.78 Å². The summed E-state index contributed by atoms with van der Waals surface area (Å²) in [5, 5.41) is 14.0. The van der Waals surface area contributed by atoms with Crippen molar-refractivity contribution in [1.29, 1.82) is 5.26 Å². The van der Waals surface area contributed by atoms with E-state index in [4.69, 9.17) is 21.6 Å². The predicted octanol–water partition coefficient (Wildman–Crippen LogP) is 2.43. The number of halogens is 1. The second-order valence-electron chi connectivity index (χ2n) is 3.77. The summed E-state index contributed by atoms with van der Waals surface area (Å²) >= 11 is 5.84. The van der Waals surface area contributed by atoms with Gasteiger partial charge in [-0.05, 0) is 24.3 Å². The van der Waals surface area contributed by atoms with Crippen LogP contribution in [-0.2, 0) is 18.0 Å². The Hall–Kier alpha value is -1.83. The monoisotopic (exact) mass is 245 g/mol. The van der Waals surface area contributed by atoms with Gasteiger partial charge in [0.1, 0.15) is 6.07 Å². The van der Waals surface area contributed by atoms with Gasteiger partial charge in [0.15, 0.2) is 5.69 Å². The van der Waals surface area contributed by atoms with Crippen LogP contribution in [0.2, 0.25) is 5.02 Å². The molecule has 1 aliphatic heterocycles. The summed E-state index contributed by atoms with van der Waals surface area (Å²) in [6.07, 6.45) is 0. The summed E-state index contributed by atoms with van der Waals surface area (Å²) in [5.41, 5.74) is 3.16. The van der Waals surface area contributed by atoms with Gasteiger partial charge < -0.3 is 4.74 Å². The largest absolute Gasteiger partial charge is 0.370 e. The van der Waals surface area contributed by atoms with Crippen LogP contribution >= 0.6 is 11.6 Å². The normalized spacial score (nSPS) is 13.4. The summed E-state index contributed by atoms with van der Waals surface area (Å²) in [5.74, 6) is 0. The highest BCUT2D eigenvalue weighted by Gasteiger charge is 2.23. The molecule has 17 heavy (non-hydrogen) atoms. The molecule has 84 valence electrons. The molecule has 0 saturated heterocycles. The van der Waals surface area contributed by atoms with Gasteiger partial charge in [-0.3, -0.25) is 0 Å². The SMILES string of the molecule is N#Cc1nn(-c2ccc(Cl)cc2)c2c1COC2. The molecule has 0 atom stereocenters. The van der Waals surface area contributed by atoms with Crippen LogP contribution in [-0.4, -0.2) is 9.78 Å². The molecule has 3 rings (SSSR count). The van der Waals surface area contributed by atoms with Crippen LogP contribution in [0.4, 0.5) is 0 Å². The number of fused-ring (bicyclic) bond motifs is 1. The molecule has 0 radical (unpaired) electrons. The number of nitrogens with zero attached hydrogens (tertiary/aromatic N) is 3. The average Bonchev–Trinajstić information content (AvgIpc) is 2.91. The van der Waals surface area contributed by atoms with E-state index < -0.39 is 0 Å². The van der Waals surface area contributed by atoms with Gasteiger partial charge in [0.2, 0.25) is 0 Å². The van der Waals surface area contributed by atoms with Crippen LogP contribution in [0.5, 0.6) is 0 Å². The molecule has 4 nitrogen and oxygen atoms in total. The lowest BCUT2D eigenvalue weighted by molar-refractivity contribution is 0.130. The minimum atomic E-state index is 0.437. The van der Waals surface area contributed by atoms with Crippen molar-refractivity contribution in [2.45, 2.75) is 13.2 Å². The number of hydrogen-bond acceptors (Lipinski definition) is 3. The highest BCUT2D eigenvalue weighted by molar-refractivity contribution is 6.30. The van der Waals surface area contributed by atoms with E-state index in [1.807, 2.05) is 12.1 Å². The molecule has 0 amide bonds. The smallest absolute Gasteiger partial charge is 0.168 e. The van der Waals surface area contributed by atoms with E-state index in [1.165, 1.54) is 0 Å². The number of rotatable bonds is 1. The minimum Gasteiger partial charge on any atom is -0.370 e. The van der Waals surface area contributed by atoms with Gasteiger partial charge in [-0.1, -0.05) is 11.6 Å². The maximum Gasteiger partial charge on any atom is 0.168 e. The number of hydrogen-bond donors (Lipinski definition) is 0. The second-order valence-corrected chi connectivity index (χ2v) is 4.20. The van der Waals surface area contributed by atoms with Gasteiger partial charge in [-0.25, -0.2) is 4.68 Å². The Kier molecular flexibility index (Phi) is 2.36. The van der Waals surface area contributed by atoms with Crippen molar-refractivity contribution < 1.29 is 4.74 Å². The molecule has 0 fully saturated rings. The van der Waals surface area contributed by atoms with Crippen molar-refractivity contribution in [2.75, 3.05) is 0 Å². The third kappa shape index (κ3) is 1.60. The fourth-order valence-corrected chi connectivity index (χ4v) is 2.05. The fraction of sp³-hybridized carbons (Fsp3) is 0.167. The van der Waals surface area contributed by atoms with Crippen molar-refractivity contribution in [3.05, 3.63) is 46.2 Å². The molecule has 1 aromatic carbocycles. The molecule has 1 aromatic heterocycles. The lowest BCUT2D eigenvalue weighted by atomic mass is 10.2. The van der Waals surface area contributed by atoms with Gasteiger partial charge in [0.25, 0.3) is 0 Å². The van der Waals surface area contributed by atoms with Gasteiger partial charge in [0, 0.05) is 10.6 Å². The zero-order valence-electron chi connectivity index (χ0n) is 8.85. The first-order valence-corrected chi connectivity index (χ1v) is 5.52. The Morgan fingerprint density at radius 2 is 2.06 bits per heavy atom. The minimum absolute atomic E-state index is 0.437. The van der Waals surface area contributed by atoms with Crippen LogP contribution < -0.4 is 0 Å². The zero-order chi connectivity index (χ0) is 11.8. The van der Waals surface area contributed by atoms with Crippen LogP contribution in [0.1, 0.15) is 17.0 Å². The predicted molar refractivity (Wildman–Crippen MR) is 61.8 cm³/mol. The Balaban J connectivity index is 2.16. The third-order valence-corrected chi connectivity index (χ3v) is 3.00. The van der Waals surface area contributed by atoms with Crippen molar-refractivity contribution >= 4 is 11.6 Å². The van der Waals surface area contributed by atoms with E-state index in [-0.39, 0.29) is 0 Å². The van der Waals surface area contributed by atoms with Crippen molar-refractivity contribution in [3.8, 4) is 11.8 Å². The second kappa shape index (κ2) is 3.88. The summed E-state index contributed by atoms with van der Waals surface area (Å²) in [4.78, 5) is 0. The number of aromatic nitrogens is 2. The Morgan fingerprint density at radius 3 is 2.76 bits per heavy atom. The summed E-state index contributed by atoms with van der Waals surface area (Å²) < 4.78 is 7.09. The van der Waals surface area contributed by atoms with E-state index in [1.54, 1.807) is 16.8 Å². The topological polar surface area (TPSA) is 50.8 Å². The lowest BCUT2D eigenvalue weighted by Gasteiger charge is -2.04. The van der Waals surface area contributed by atoms with Crippen LogP contribution in [0.25, 0.3) is 5.69 Å². The Bertz CT molecular complexity index is 610. The molecular formula is C12H8ClN3O. The van der Waals surface area contributed by atoms with Crippen LogP contribution in [0, 0.1) is 11.3 Å². The number of benzene rings is 1. The number of ether oxygens (including phenoxy) is 1. The maximum atomic E-state index is 9.00. The maximum absolute atomic E-state index is 9.00. The number of nitriles is 1. The molecule has 0 bridgehead atoms. The molecule has 0 spiro atoms. The molecule has 0 saturated carbocycles. The van der Waals surface area contributed by atoms with Crippen molar-refractivity contribution in [2.24, 2.45) is 0 Å². The first-order chi connectivity index (χ1) is 8.29. The first kappa shape index (κ1) is 10.3. The van der Waals surface area contributed by atoms with Gasteiger partial charge in [0.05, 0.1) is 24.6 Å². The van der Waals surface area contributed by atoms with Gasteiger partial charge >= 0.3 is 0 Å². The van der Waals surface area contributed by atoms with Crippen molar-refractivity contribution in [3.63, 3.8) is 0 Å². The zero-order valence-corrected chi connectivity index (χ0v) is 9.61. The first-order valence-electron chi connectivity index (χ1n) is 5.14. The Labute approximate surface area is 103 Å². The quantitative estimate of drug-likeness (QED) is 0.775. The van der Waals surface area contributed by atoms with Gasteiger partial charge in [-0.2, -0.15) is 10.4 Å². The highest BCUT2D eigenvalue weighted by Crippen LogP contribution is 2.26. The molecule has 5 heteroatoms. The summed E-state index contributed by atoms with van der Waals surface area (Å²) in [6.45, 7) is 0.957. The molecule has 2 heterocycles. The van der Waals surface area contributed by atoms with Gasteiger partial charge in [-0.15, -0.1) is 0 Å². The molecule has 1 aliphatic rings. The summed E-state index contributed by atoms with van der Waals surface area (Å²) in [7, 11) is 0. The average molecular weight is 246 g/mol. The van der Waals surface area contributed by atoms with E-state index in [2.05, 4.69) is 11.2 Å². The lowest BCUT2D eigenvalue weighted by Crippen LogP contribution is -2.01. The third-order valence-electron chi connectivity index (χ3n) is 2.75. The van der Waals surface area contributed by atoms with E-state index in [9.17, 15) is 0 Å². The molecule has 2 aromatic rings. The van der Waals surface area contributed by atoms with Crippen LogP contribution in [0.3, 0.4) is 0 Å². The molecule has 0 unspecified atom stereocenters. The Morgan fingerprint density at radius 1 is 1.29 bits per heavy atom. The fourth-order valence-electron chi connectivity index (χ4n) is 1.92. The van der Waals surface area contributed by atoms with E-state index >= 15 is 0 Å². The summed E-state index contributed by atoms with van der Waals surface area (Å²) in [6, 6.07) is 9.43. The van der Waals surface area contributed by atoms with E-state index in [0.29, 0.717) is 23.9 Å². The van der Waals surface area contributed by atoms with E-state index in [0.717, 1.165) is 16.9 Å². The highest BCUT2D eigenvalue weighted by atomic mass is 35.5.